The fourth-order valence-electron chi connectivity index (χ4n) is 3.65. The standard InChI is InChI=1S/C20H10Br2O3/c21-14-9-10-16-17(18(14)22)20(13-7-3-4-8-15(13)24-16)12-6-2-1-5-11(12)19(23)25-20/h1-10H. The van der Waals surface area contributed by atoms with E-state index in [0.29, 0.717) is 17.1 Å². The Morgan fingerprint density at radius 3 is 2.36 bits per heavy atom. The van der Waals surface area contributed by atoms with Gasteiger partial charge in [-0.15, -0.1) is 0 Å². The third kappa shape index (κ3) is 1.88. The van der Waals surface area contributed by atoms with Crippen molar-refractivity contribution in [3.8, 4) is 11.5 Å². The number of carbonyl (C=O) groups excluding carboxylic acids is 1. The van der Waals surface area contributed by atoms with Crippen molar-refractivity contribution >= 4 is 37.8 Å². The number of hydrogen-bond acceptors (Lipinski definition) is 3. The Morgan fingerprint density at radius 1 is 0.800 bits per heavy atom. The molecule has 2 aliphatic heterocycles. The van der Waals surface area contributed by atoms with Crippen LogP contribution < -0.4 is 4.74 Å². The highest BCUT2D eigenvalue weighted by Crippen LogP contribution is 2.58. The van der Waals surface area contributed by atoms with Gasteiger partial charge in [0.1, 0.15) is 11.5 Å². The van der Waals surface area contributed by atoms with Crippen LogP contribution in [0.1, 0.15) is 27.0 Å². The SMILES string of the molecule is O=C1OC2(c3ccccc3Oc3ccc(Br)c(Br)c32)c2ccccc21. The van der Waals surface area contributed by atoms with E-state index in [1.165, 1.54) is 0 Å². The Balaban J connectivity index is 1.96. The molecule has 25 heavy (non-hydrogen) atoms. The Labute approximate surface area is 160 Å². The third-order valence-electron chi connectivity index (χ3n) is 4.67. The van der Waals surface area contributed by atoms with Crippen molar-refractivity contribution in [1.82, 2.24) is 0 Å². The Bertz CT molecular complexity index is 1060. The number of hydrogen-bond donors (Lipinski definition) is 0. The van der Waals surface area contributed by atoms with E-state index in [9.17, 15) is 4.79 Å². The molecule has 0 aromatic heterocycles. The topological polar surface area (TPSA) is 35.5 Å². The van der Waals surface area contributed by atoms with Gasteiger partial charge in [0, 0.05) is 20.1 Å². The van der Waals surface area contributed by atoms with Crippen LogP contribution in [-0.2, 0) is 10.3 Å². The molecule has 0 N–H and O–H groups in total. The van der Waals surface area contributed by atoms with Gasteiger partial charge in [0.2, 0.25) is 0 Å². The molecule has 0 saturated carbocycles. The summed E-state index contributed by atoms with van der Waals surface area (Å²) in [4.78, 5) is 12.7. The van der Waals surface area contributed by atoms with Crippen molar-refractivity contribution in [3.05, 3.63) is 91.9 Å². The molecule has 1 spiro atoms. The summed E-state index contributed by atoms with van der Waals surface area (Å²) in [5.74, 6) is 1.03. The first-order valence-corrected chi connectivity index (χ1v) is 9.30. The maximum atomic E-state index is 12.7. The largest absolute Gasteiger partial charge is 0.456 e. The van der Waals surface area contributed by atoms with Crippen LogP contribution in [0.2, 0.25) is 0 Å². The van der Waals surface area contributed by atoms with Crippen molar-refractivity contribution in [2.24, 2.45) is 0 Å². The number of benzene rings is 3. The minimum absolute atomic E-state index is 0.329. The van der Waals surface area contributed by atoms with Crippen molar-refractivity contribution in [1.29, 1.82) is 0 Å². The fraction of sp³-hybridized carbons (Fsp3) is 0.0500. The molecule has 0 aliphatic carbocycles. The van der Waals surface area contributed by atoms with Crippen LogP contribution >= 0.6 is 31.9 Å². The average molecular weight is 458 g/mol. The van der Waals surface area contributed by atoms with Crippen LogP contribution in [0.3, 0.4) is 0 Å². The average Bonchev–Trinajstić information content (AvgIpc) is 2.92. The van der Waals surface area contributed by atoms with Crippen LogP contribution in [0.15, 0.2) is 69.6 Å². The van der Waals surface area contributed by atoms with Crippen LogP contribution in [0.25, 0.3) is 0 Å². The maximum absolute atomic E-state index is 12.7. The van der Waals surface area contributed by atoms with E-state index >= 15 is 0 Å². The number of ether oxygens (including phenoxy) is 2. The van der Waals surface area contributed by atoms with Gasteiger partial charge in [0.15, 0.2) is 5.60 Å². The van der Waals surface area contributed by atoms with Crippen LogP contribution in [0.5, 0.6) is 11.5 Å². The zero-order valence-electron chi connectivity index (χ0n) is 12.8. The van der Waals surface area contributed by atoms with E-state index in [0.717, 1.165) is 25.6 Å². The summed E-state index contributed by atoms with van der Waals surface area (Å²) < 4.78 is 13.9. The number of carbonyl (C=O) groups is 1. The molecule has 0 bridgehead atoms. The first-order chi connectivity index (χ1) is 12.1. The van der Waals surface area contributed by atoms with Crippen molar-refractivity contribution in [3.63, 3.8) is 0 Å². The zero-order chi connectivity index (χ0) is 17.2. The second-order valence-corrected chi connectivity index (χ2v) is 7.60. The first kappa shape index (κ1) is 15.2. The molecule has 5 rings (SSSR count). The van der Waals surface area contributed by atoms with Gasteiger partial charge in [-0.2, -0.15) is 0 Å². The lowest BCUT2D eigenvalue weighted by Gasteiger charge is -2.37. The molecule has 1 atom stereocenters. The smallest absolute Gasteiger partial charge is 0.340 e. The van der Waals surface area contributed by atoms with Gasteiger partial charge in [-0.05, 0) is 56.1 Å². The van der Waals surface area contributed by atoms with Crippen molar-refractivity contribution in [2.75, 3.05) is 0 Å². The number of fused-ring (bicyclic) bond motifs is 6. The highest BCUT2D eigenvalue weighted by molar-refractivity contribution is 9.13. The third-order valence-corrected chi connectivity index (χ3v) is 6.68. The molecule has 122 valence electrons. The number of rotatable bonds is 0. The van der Waals surface area contributed by atoms with E-state index < -0.39 is 5.60 Å². The molecule has 0 radical (unpaired) electrons. The Morgan fingerprint density at radius 2 is 1.52 bits per heavy atom. The Hall–Kier alpha value is -2.11. The predicted octanol–water partition coefficient (Wildman–Crippen LogP) is 5.78. The molecule has 2 heterocycles. The molecule has 1 unspecified atom stereocenters. The lowest BCUT2D eigenvalue weighted by Crippen LogP contribution is -2.33. The minimum atomic E-state index is -1.03. The van der Waals surface area contributed by atoms with Gasteiger partial charge >= 0.3 is 5.97 Å². The van der Waals surface area contributed by atoms with Crippen LogP contribution in [-0.4, -0.2) is 5.97 Å². The Kier molecular flexibility index (Phi) is 3.15. The van der Waals surface area contributed by atoms with Gasteiger partial charge in [-0.25, -0.2) is 4.79 Å². The minimum Gasteiger partial charge on any atom is -0.456 e. The van der Waals surface area contributed by atoms with Crippen molar-refractivity contribution in [2.45, 2.75) is 5.60 Å². The number of halogens is 2. The number of esters is 1. The molecule has 3 aromatic carbocycles. The van der Waals surface area contributed by atoms with E-state index in [1.54, 1.807) is 6.07 Å². The quantitative estimate of drug-likeness (QED) is 0.401. The molecule has 3 aromatic rings. The normalized spacial score (nSPS) is 19.7. The molecule has 0 fully saturated rings. The van der Waals surface area contributed by atoms with Crippen molar-refractivity contribution < 1.29 is 14.3 Å². The number of para-hydroxylation sites is 1. The lowest BCUT2D eigenvalue weighted by molar-refractivity contribution is 0.0222. The zero-order valence-corrected chi connectivity index (χ0v) is 15.9. The van der Waals surface area contributed by atoms with Gasteiger partial charge < -0.3 is 9.47 Å². The molecule has 0 amide bonds. The maximum Gasteiger partial charge on any atom is 0.340 e. The van der Waals surface area contributed by atoms with Gasteiger partial charge in [0.05, 0.1) is 11.1 Å². The van der Waals surface area contributed by atoms with Crippen LogP contribution in [0.4, 0.5) is 0 Å². The second-order valence-electron chi connectivity index (χ2n) is 5.95. The summed E-state index contributed by atoms with van der Waals surface area (Å²) in [6.45, 7) is 0. The second kappa shape index (κ2) is 5.19. The molecule has 5 heteroatoms. The highest BCUT2D eigenvalue weighted by Gasteiger charge is 2.54. The summed E-state index contributed by atoms with van der Waals surface area (Å²) in [6, 6.07) is 19.0. The molecular formula is C20H10Br2O3. The van der Waals surface area contributed by atoms with Gasteiger partial charge in [0.25, 0.3) is 0 Å². The monoisotopic (exact) mass is 456 g/mol. The summed E-state index contributed by atoms with van der Waals surface area (Å²) >= 11 is 7.21. The fourth-order valence-corrected chi connectivity index (χ4v) is 4.59. The van der Waals surface area contributed by atoms with E-state index in [2.05, 4.69) is 31.9 Å². The predicted molar refractivity (Wildman–Crippen MR) is 100 cm³/mol. The summed E-state index contributed by atoms with van der Waals surface area (Å²) in [5.41, 5.74) is 1.99. The summed E-state index contributed by atoms with van der Waals surface area (Å²) in [7, 11) is 0. The molecule has 2 aliphatic rings. The summed E-state index contributed by atoms with van der Waals surface area (Å²) in [6.07, 6.45) is 0. The van der Waals surface area contributed by atoms with E-state index in [-0.39, 0.29) is 5.97 Å². The molecule has 3 nitrogen and oxygen atoms in total. The molecule has 0 saturated heterocycles. The summed E-state index contributed by atoms with van der Waals surface area (Å²) in [5, 5.41) is 0. The van der Waals surface area contributed by atoms with E-state index in [4.69, 9.17) is 9.47 Å². The van der Waals surface area contributed by atoms with Crippen LogP contribution in [0, 0.1) is 0 Å². The van der Waals surface area contributed by atoms with E-state index in [1.807, 2.05) is 54.6 Å². The first-order valence-electron chi connectivity index (χ1n) is 7.71. The van der Waals surface area contributed by atoms with Gasteiger partial charge in [-0.1, -0.05) is 36.4 Å². The lowest BCUT2D eigenvalue weighted by atomic mass is 9.78. The highest BCUT2D eigenvalue weighted by atomic mass is 79.9. The van der Waals surface area contributed by atoms with Gasteiger partial charge in [-0.3, -0.25) is 0 Å². The molecular weight excluding hydrogens is 448 g/mol.